The molecule has 0 aliphatic carbocycles. The van der Waals surface area contributed by atoms with Crippen molar-refractivity contribution in [1.29, 1.82) is 0 Å². The van der Waals surface area contributed by atoms with Crippen LogP contribution in [-0.4, -0.2) is 28.4 Å². The summed E-state index contributed by atoms with van der Waals surface area (Å²) in [6.07, 6.45) is 2.00. The van der Waals surface area contributed by atoms with Crippen LogP contribution in [0.25, 0.3) is 0 Å². The highest BCUT2D eigenvalue weighted by molar-refractivity contribution is 7.99. The van der Waals surface area contributed by atoms with Crippen molar-refractivity contribution >= 4 is 40.9 Å². The van der Waals surface area contributed by atoms with Gasteiger partial charge in [-0.15, -0.1) is 0 Å². The second-order valence-corrected chi connectivity index (χ2v) is 6.42. The Morgan fingerprint density at radius 1 is 1.47 bits per heavy atom. The molecule has 1 amide bonds. The summed E-state index contributed by atoms with van der Waals surface area (Å²) in [6, 6.07) is 3.11. The molecule has 6 heteroatoms. The first-order valence-corrected chi connectivity index (χ1v) is 6.99. The highest BCUT2D eigenvalue weighted by Crippen LogP contribution is 2.20. The van der Waals surface area contributed by atoms with Crippen LogP contribution >= 0.6 is 35.0 Å². The van der Waals surface area contributed by atoms with Crippen LogP contribution in [0.2, 0.25) is 10.2 Å². The predicted octanol–water partition coefficient (Wildman–Crippen LogP) is 3.26. The van der Waals surface area contributed by atoms with Gasteiger partial charge >= 0.3 is 0 Å². The number of pyridine rings is 1. The SMILES string of the molecule is CSC(C)(C)CNC(=O)c1nc(Cl)ccc1Cl. The summed E-state index contributed by atoms with van der Waals surface area (Å²) in [5.41, 5.74) is 0.163. The molecule has 94 valence electrons. The Hall–Kier alpha value is -0.450. The van der Waals surface area contributed by atoms with E-state index in [1.165, 1.54) is 0 Å². The van der Waals surface area contributed by atoms with Crippen LogP contribution in [-0.2, 0) is 0 Å². The maximum atomic E-state index is 11.9. The summed E-state index contributed by atoms with van der Waals surface area (Å²) >= 11 is 13.3. The number of rotatable bonds is 4. The smallest absolute Gasteiger partial charge is 0.271 e. The van der Waals surface area contributed by atoms with Gasteiger partial charge in [-0.25, -0.2) is 4.98 Å². The van der Waals surface area contributed by atoms with E-state index in [0.717, 1.165) is 0 Å². The molecule has 1 aromatic heterocycles. The number of nitrogens with zero attached hydrogens (tertiary/aromatic N) is 1. The first-order chi connectivity index (χ1) is 7.85. The zero-order valence-corrected chi connectivity index (χ0v) is 12.2. The average molecular weight is 293 g/mol. The van der Waals surface area contributed by atoms with Crippen LogP contribution in [0.5, 0.6) is 0 Å². The molecule has 0 spiro atoms. The lowest BCUT2D eigenvalue weighted by Crippen LogP contribution is -2.36. The number of carbonyl (C=O) groups is 1. The molecule has 0 atom stereocenters. The van der Waals surface area contributed by atoms with Gasteiger partial charge in [-0.2, -0.15) is 11.8 Å². The van der Waals surface area contributed by atoms with Crippen molar-refractivity contribution in [3.8, 4) is 0 Å². The molecular formula is C11H14Cl2N2OS. The maximum Gasteiger partial charge on any atom is 0.271 e. The molecule has 0 saturated heterocycles. The fraction of sp³-hybridized carbons (Fsp3) is 0.455. The lowest BCUT2D eigenvalue weighted by atomic mass is 10.2. The quantitative estimate of drug-likeness (QED) is 0.866. The van der Waals surface area contributed by atoms with Crippen molar-refractivity contribution in [2.75, 3.05) is 12.8 Å². The molecule has 0 bridgehead atoms. The van der Waals surface area contributed by atoms with Crippen molar-refractivity contribution < 1.29 is 4.79 Å². The Morgan fingerprint density at radius 2 is 2.12 bits per heavy atom. The van der Waals surface area contributed by atoms with Crippen molar-refractivity contribution in [1.82, 2.24) is 10.3 Å². The minimum absolute atomic E-state index is 0.0271. The first kappa shape index (κ1) is 14.6. The maximum absolute atomic E-state index is 11.9. The van der Waals surface area contributed by atoms with Crippen LogP contribution in [0.4, 0.5) is 0 Å². The van der Waals surface area contributed by atoms with Gasteiger partial charge in [0.15, 0.2) is 0 Å². The minimum atomic E-state index is -0.306. The second kappa shape index (κ2) is 5.94. The number of hydrogen-bond acceptors (Lipinski definition) is 3. The highest BCUT2D eigenvalue weighted by atomic mass is 35.5. The number of aromatic nitrogens is 1. The number of thioether (sulfide) groups is 1. The first-order valence-electron chi connectivity index (χ1n) is 5.01. The van der Waals surface area contributed by atoms with Gasteiger partial charge in [0.05, 0.1) is 5.02 Å². The van der Waals surface area contributed by atoms with Crippen LogP contribution in [0.3, 0.4) is 0 Å². The van der Waals surface area contributed by atoms with Crippen molar-refractivity contribution in [3.63, 3.8) is 0 Å². The lowest BCUT2D eigenvalue weighted by molar-refractivity contribution is 0.0946. The highest BCUT2D eigenvalue weighted by Gasteiger charge is 2.19. The molecule has 0 unspecified atom stereocenters. The Balaban J connectivity index is 2.74. The molecule has 0 radical (unpaired) electrons. The van der Waals surface area contributed by atoms with Crippen LogP contribution in [0.1, 0.15) is 24.3 Å². The van der Waals surface area contributed by atoms with E-state index in [4.69, 9.17) is 23.2 Å². The van der Waals surface area contributed by atoms with E-state index >= 15 is 0 Å². The van der Waals surface area contributed by atoms with Crippen LogP contribution in [0.15, 0.2) is 12.1 Å². The molecule has 3 nitrogen and oxygen atoms in total. The number of carbonyl (C=O) groups excluding carboxylic acids is 1. The number of halogens is 2. The molecule has 0 aliphatic rings. The molecule has 0 aromatic carbocycles. The molecule has 17 heavy (non-hydrogen) atoms. The van der Waals surface area contributed by atoms with Gasteiger partial charge in [-0.1, -0.05) is 23.2 Å². The fourth-order valence-electron chi connectivity index (χ4n) is 1.03. The second-order valence-electron chi connectivity index (χ2n) is 4.11. The van der Waals surface area contributed by atoms with E-state index in [9.17, 15) is 4.79 Å². The number of nitrogens with one attached hydrogen (secondary N) is 1. The largest absolute Gasteiger partial charge is 0.349 e. The van der Waals surface area contributed by atoms with Gasteiger partial charge in [0.1, 0.15) is 10.8 Å². The van der Waals surface area contributed by atoms with Crippen molar-refractivity contribution in [3.05, 3.63) is 28.0 Å². The lowest BCUT2D eigenvalue weighted by Gasteiger charge is -2.22. The summed E-state index contributed by atoms with van der Waals surface area (Å²) < 4.78 is -0.0271. The van der Waals surface area contributed by atoms with Gasteiger partial charge < -0.3 is 5.32 Å². The standard InChI is InChI=1S/C11H14Cl2N2OS/c1-11(2,17-3)6-14-10(16)9-7(12)4-5-8(13)15-9/h4-5H,6H2,1-3H3,(H,14,16). The average Bonchev–Trinajstić information content (AvgIpc) is 2.29. The van der Waals surface area contributed by atoms with Gasteiger partial charge in [-0.05, 0) is 32.2 Å². The van der Waals surface area contributed by atoms with E-state index < -0.39 is 0 Å². The molecule has 1 rings (SSSR count). The number of amides is 1. The summed E-state index contributed by atoms with van der Waals surface area (Å²) in [6.45, 7) is 4.63. The number of hydrogen-bond donors (Lipinski definition) is 1. The van der Waals surface area contributed by atoms with E-state index in [-0.39, 0.29) is 21.5 Å². The van der Waals surface area contributed by atoms with Crippen molar-refractivity contribution in [2.24, 2.45) is 0 Å². The zero-order valence-electron chi connectivity index (χ0n) is 9.88. The zero-order chi connectivity index (χ0) is 13.1. The summed E-state index contributed by atoms with van der Waals surface area (Å²) in [7, 11) is 0. The third kappa shape index (κ3) is 4.37. The molecule has 1 N–H and O–H groups in total. The normalized spacial score (nSPS) is 11.4. The fourth-order valence-corrected chi connectivity index (χ4v) is 1.58. The Kier molecular flexibility index (Phi) is 5.10. The molecule has 0 aliphatic heterocycles. The van der Waals surface area contributed by atoms with E-state index in [1.54, 1.807) is 23.9 Å². The van der Waals surface area contributed by atoms with Crippen LogP contribution < -0.4 is 5.32 Å². The van der Waals surface area contributed by atoms with Crippen molar-refractivity contribution in [2.45, 2.75) is 18.6 Å². The van der Waals surface area contributed by atoms with E-state index in [0.29, 0.717) is 11.6 Å². The van der Waals surface area contributed by atoms with E-state index in [1.807, 2.05) is 20.1 Å². The topological polar surface area (TPSA) is 42.0 Å². The Morgan fingerprint density at radius 3 is 2.71 bits per heavy atom. The van der Waals surface area contributed by atoms with Crippen LogP contribution in [0, 0.1) is 0 Å². The molecule has 1 heterocycles. The molecular weight excluding hydrogens is 279 g/mol. The Bertz CT molecular complexity index is 424. The van der Waals surface area contributed by atoms with Gasteiger partial charge in [0.25, 0.3) is 5.91 Å². The third-order valence-electron chi connectivity index (χ3n) is 2.25. The predicted molar refractivity (Wildman–Crippen MR) is 74.2 cm³/mol. The summed E-state index contributed by atoms with van der Waals surface area (Å²) in [5, 5.41) is 3.35. The van der Waals surface area contributed by atoms with Gasteiger partial charge in [-0.3, -0.25) is 4.79 Å². The molecule has 1 aromatic rings. The summed E-state index contributed by atoms with van der Waals surface area (Å²) in [4.78, 5) is 15.8. The third-order valence-corrected chi connectivity index (χ3v) is 4.02. The van der Waals surface area contributed by atoms with Gasteiger partial charge in [0, 0.05) is 11.3 Å². The Labute approximate surface area is 115 Å². The minimum Gasteiger partial charge on any atom is -0.349 e. The monoisotopic (exact) mass is 292 g/mol. The molecule has 0 saturated carbocycles. The summed E-state index contributed by atoms with van der Waals surface area (Å²) in [5.74, 6) is -0.306. The van der Waals surface area contributed by atoms with E-state index in [2.05, 4.69) is 10.3 Å². The van der Waals surface area contributed by atoms with Gasteiger partial charge in [0.2, 0.25) is 0 Å². The molecule has 0 fully saturated rings.